The monoisotopic (exact) mass is 222 g/mol. The van der Waals surface area contributed by atoms with Gasteiger partial charge in [0.2, 0.25) is 0 Å². The predicted molar refractivity (Wildman–Crippen MR) is 63.2 cm³/mol. The first-order valence-electron chi connectivity index (χ1n) is 5.39. The molecule has 0 aliphatic rings. The van der Waals surface area contributed by atoms with Crippen LogP contribution >= 0.6 is 0 Å². The minimum atomic E-state index is -0.121. The number of para-hydroxylation sites is 1. The Balaban J connectivity index is 2.25. The highest BCUT2D eigenvalue weighted by Crippen LogP contribution is 2.07. The molecule has 4 heteroatoms. The summed E-state index contributed by atoms with van der Waals surface area (Å²) in [4.78, 5) is 11.4. The van der Waals surface area contributed by atoms with Crippen molar-refractivity contribution in [2.45, 2.75) is 19.4 Å². The number of carbonyl (C=O) groups excluding carboxylic acids is 1. The molecule has 0 spiro atoms. The van der Waals surface area contributed by atoms with E-state index in [-0.39, 0.29) is 18.6 Å². The second kappa shape index (κ2) is 6.85. The topological polar surface area (TPSA) is 64.3 Å². The van der Waals surface area contributed by atoms with Crippen LogP contribution in [0.4, 0.5) is 0 Å². The summed E-state index contributed by atoms with van der Waals surface area (Å²) >= 11 is 0. The Morgan fingerprint density at radius 2 is 2.12 bits per heavy atom. The molecule has 1 amide bonds. The van der Waals surface area contributed by atoms with E-state index in [2.05, 4.69) is 5.32 Å². The van der Waals surface area contributed by atoms with Gasteiger partial charge in [0.25, 0.3) is 5.91 Å². The van der Waals surface area contributed by atoms with E-state index in [9.17, 15) is 4.79 Å². The summed E-state index contributed by atoms with van der Waals surface area (Å²) in [6, 6.07) is 9.36. The Hall–Kier alpha value is -1.55. The van der Waals surface area contributed by atoms with E-state index in [4.69, 9.17) is 10.5 Å². The lowest BCUT2D eigenvalue weighted by atomic mass is 10.2. The molecule has 88 valence electrons. The molecule has 0 heterocycles. The zero-order valence-corrected chi connectivity index (χ0v) is 9.48. The van der Waals surface area contributed by atoms with Gasteiger partial charge < -0.3 is 15.8 Å². The summed E-state index contributed by atoms with van der Waals surface area (Å²) in [6.45, 7) is 2.53. The molecule has 0 radical (unpaired) electrons. The first-order valence-corrected chi connectivity index (χ1v) is 5.39. The highest BCUT2D eigenvalue weighted by atomic mass is 16.5. The van der Waals surface area contributed by atoms with Gasteiger partial charge in [0.1, 0.15) is 5.75 Å². The Labute approximate surface area is 95.8 Å². The van der Waals surface area contributed by atoms with E-state index in [1.54, 1.807) is 0 Å². The van der Waals surface area contributed by atoms with Crippen LogP contribution < -0.4 is 15.8 Å². The van der Waals surface area contributed by atoms with Gasteiger partial charge in [-0.05, 0) is 32.0 Å². The van der Waals surface area contributed by atoms with Crippen molar-refractivity contribution < 1.29 is 9.53 Å². The van der Waals surface area contributed by atoms with E-state index in [0.717, 1.165) is 6.42 Å². The number of amides is 1. The maximum Gasteiger partial charge on any atom is 0.258 e. The van der Waals surface area contributed by atoms with E-state index in [1.807, 2.05) is 37.3 Å². The van der Waals surface area contributed by atoms with E-state index >= 15 is 0 Å². The quantitative estimate of drug-likeness (QED) is 0.752. The molecule has 3 N–H and O–H groups in total. The van der Waals surface area contributed by atoms with Crippen LogP contribution in [0.5, 0.6) is 5.75 Å². The van der Waals surface area contributed by atoms with Crippen LogP contribution in [0, 0.1) is 0 Å². The summed E-state index contributed by atoms with van der Waals surface area (Å²) in [5.41, 5.74) is 5.39. The minimum absolute atomic E-state index is 0.0406. The molecule has 0 saturated carbocycles. The van der Waals surface area contributed by atoms with Crippen molar-refractivity contribution >= 4 is 5.91 Å². The third-order valence-corrected chi connectivity index (χ3v) is 2.12. The number of nitrogens with two attached hydrogens (primary N) is 1. The third-order valence-electron chi connectivity index (χ3n) is 2.12. The highest BCUT2D eigenvalue weighted by molar-refractivity contribution is 5.77. The van der Waals surface area contributed by atoms with Gasteiger partial charge in [-0.3, -0.25) is 4.79 Å². The second-order valence-electron chi connectivity index (χ2n) is 3.65. The van der Waals surface area contributed by atoms with E-state index < -0.39 is 0 Å². The van der Waals surface area contributed by atoms with Gasteiger partial charge in [-0.1, -0.05) is 18.2 Å². The fraction of sp³-hybridized carbons (Fsp3) is 0.417. The number of nitrogens with one attached hydrogen (secondary N) is 1. The molecule has 16 heavy (non-hydrogen) atoms. The molecule has 0 bridgehead atoms. The average molecular weight is 222 g/mol. The predicted octanol–water partition coefficient (Wildman–Crippen LogP) is 0.919. The Kier molecular flexibility index (Phi) is 5.36. The maximum absolute atomic E-state index is 11.4. The fourth-order valence-electron chi connectivity index (χ4n) is 1.30. The van der Waals surface area contributed by atoms with Crippen molar-refractivity contribution in [1.82, 2.24) is 5.32 Å². The van der Waals surface area contributed by atoms with Crippen LogP contribution in [-0.2, 0) is 4.79 Å². The molecule has 1 aromatic carbocycles. The number of carbonyl (C=O) groups is 1. The third kappa shape index (κ3) is 4.79. The zero-order valence-electron chi connectivity index (χ0n) is 9.48. The summed E-state index contributed by atoms with van der Waals surface area (Å²) in [5, 5.41) is 2.81. The molecule has 4 nitrogen and oxygen atoms in total. The van der Waals surface area contributed by atoms with Gasteiger partial charge in [-0.2, -0.15) is 0 Å². The van der Waals surface area contributed by atoms with Crippen LogP contribution in [0.15, 0.2) is 30.3 Å². The second-order valence-corrected chi connectivity index (χ2v) is 3.65. The largest absolute Gasteiger partial charge is 0.484 e. The van der Waals surface area contributed by atoms with Crippen molar-refractivity contribution in [3.63, 3.8) is 0 Å². The molecule has 0 fully saturated rings. The molecule has 0 saturated heterocycles. The van der Waals surface area contributed by atoms with Crippen LogP contribution in [0.25, 0.3) is 0 Å². The lowest BCUT2D eigenvalue weighted by Gasteiger charge is -2.13. The lowest BCUT2D eigenvalue weighted by molar-refractivity contribution is -0.123. The minimum Gasteiger partial charge on any atom is -0.484 e. The molecule has 0 aromatic heterocycles. The number of hydrogen-bond donors (Lipinski definition) is 2. The zero-order chi connectivity index (χ0) is 11.8. The van der Waals surface area contributed by atoms with Crippen molar-refractivity contribution in [2.24, 2.45) is 5.73 Å². The Morgan fingerprint density at radius 1 is 1.44 bits per heavy atom. The number of rotatable bonds is 6. The van der Waals surface area contributed by atoms with Crippen LogP contribution in [0.1, 0.15) is 13.3 Å². The van der Waals surface area contributed by atoms with Gasteiger partial charge in [0.15, 0.2) is 6.61 Å². The van der Waals surface area contributed by atoms with Crippen molar-refractivity contribution in [3.8, 4) is 5.75 Å². The average Bonchev–Trinajstić information content (AvgIpc) is 2.28. The molecule has 0 aliphatic carbocycles. The summed E-state index contributed by atoms with van der Waals surface area (Å²) < 4.78 is 5.30. The highest BCUT2D eigenvalue weighted by Gasteiger charge is 2.06. The first-order chi connectivity index (χ1) is 7.72. The summed E-state index contributed by atoms with van der Waals surface area (Å²) in [6.07, 6.45) is 0.775. The number of hydrogen-bond acceptors (Lipinski definition) is 3. The summed E-state index contributed by atoms with van der Waals surface area (Å²) in [7, 11) is 0. The van der Waals surface area contributed by atoms with Gasteiger partial charge in [0, 0.05) is 6.04 Å². The Bertz CT molecular complexity index is 314. The molecular formula is C12H18N2O2. The van der Waals surface area contributed by atoms with Crippen molar-refractivity contribution in [1.29, 1.82) is 0 Å². The van der Waals surface area contributed by atoms with Gasteiger partial charge in [-0.25, -0.2) is 0 Å². The summed E-state index contributed by atoms with van der Waals surface area (Å²) in [5.74, 6) is 0.578. The standard InChI is InChI=1S/C12H18N2O2/c1-10(7-8-13)14-12(15)9-16-11-5-3-2-4-6-11/h2-6,10H,7-9,13H2,1H3,(H,14,15). The first kappa shape index (κ1) is 12.5. The number of benzene rings is 1. The van der Waals surface area contributed by atoms with Crippen LogP contribution in [-0.4, -0.2) is 25.1 Å². The van der Waals surface area contributed by atoms with Crippen molar-refractivity contribution in [3.05, 3.63) is 30.3 Å². The fourth-order valence-corrected chi connectivity index (χ4v) is 1.30. The Morgan fingerprint density at radius 3 is 2.75 bits per heavy atom. The van der Waals surface area contributed by atoms with Gasteiger partial charge in [0.05, 0.1) is 0 Å². The van der Waals surface area contributed by atoms with Crippen LogP contribution in [0.2, 0.25) is 0 Å². The SMILES string of the molecule is CC(CCN)NC(=O)COc1ccccc1. The van der Waals surface area contributed by atoms with E-state index in [1.165, 1.54) is 0 Å². The lowest BCUT2D eigenvalue weighted by Crippen LogP contribution is -2.37. The molecule has 1 atom stereocenters. The van der Waals surface area contributed by atoms with E-state index in [0.29, 0.717) is 12.3 Å². The van der Waals surface area contributed by atoms with Gasteiger partial charge >= 0.3 is 0 Å². The molecule has 1 aromatic rings. The smallest absolute Gasteiger partial charge is 0.258 e. The maximum atomic E-state index is 11.4. The molecular weight excluding hydrogens is 204 g/mol. The van der Waals surface area contributed by atoms with Crippen LogP contribution in [0.3, 0.4) is 0 Å². The molecule has 0 aliphatic heterocycles. The van der Waals surface area contributed by atoms with Gasteiger partial charge in [-0.15, -0.1) is 0 Å². The molecule has 1 rings (SSSR count). The normalized spacial score (nSPS) is 11.9. The molecule has 1 unspecified atom stereocenters. The number of ether oxygens (including phenoxy) is 1. The van der Waals surface area contributed by atoms with Crippen molar-refractivity contribution in [2.75, 3.05) is 13.2 Å².